The molecule has 19 heavy (non-hydrogen) atoms. The van der Waals surface area contributed by atoms with Gasteiger partial charge in [-0.3, -0.25) is 9.59 Å². The number of amides is 2. The van der Waals surface area contributed by atoms with E-state index in [1.165, 1.54) is 0 Å². The van der Waals surface area contributed by atoms with Crippen molar-refractivity contribution < 1.29 is 14.7 Å². The first-order valence-electron chi connectivity index (χ1n) is 6.43. The van der Waals surface area contributed by atoms with Gasteiger partial charge in [0.05, 0.1) is 17.2 Å². The molecule has 5 nitrogen and oxygen atoms in total. The first-order chi connectivity index (χ1) is 9.09. The van der Waals surface area contributed by atoms with Crippen LogP contribution < -0.4 is 10.6 Å². The minimum Gasteiger partial charge on any atom is -0.391 e. The van der Waals surface area contributed by atoms with E-state index < -0.39 is 6.10 Å². The van der Waals surface area contributed by atoms with E-state index in [1.54, 1.807) is 24.3 Å². The van der Waals surface area contributed by atoms with Gasteiger partial charge in [0.2, 0.25) is 0 Å². The third kappa shape index (κ3) is 3.12. The molecular formula is C14H18N2O3. The zero-order chi connectivity index (χ0) is 13.8. The van der Waals surface area contributed by atoms with E-state index in [0.29, 0.717) is 24.1 Å². The Bertz CT molecular complexity index is 487. The van der Waals surface area contributed by atoms with Crippen molar-refractivity contribution >= 4 is 11.8 Å². The molecule has 0 fully saturated rings. The number of rotatable bonds is 0. The molecule has 0 saturated heterocycles. The fourth-order valence-corrected chi connectivity index (χ4v) is 2.07. The van der Waals surface area contributed by atoms with Gasteiger partial charge in [0, 0.05) is 13.1 Å². The van der Waals surface area contributed by atoms with Crippen LogP contribution >= 0.6 is 0 Å². The number of fused-ring (bicyclic) bond motifs is 1. The summed E-state index contributed by atoms with van der Waals surface area (Å²) in [4.78, 5) is 24.0. The summed E-state index contributed by atoms with van der Waals surface area (Å²) in [5.74, 6) is -0.574. The second-order valence-corrected chi connectivity index (χ2v) is 4.84. The number of carbonyl (C=O) groups is 2. The summed E-state index contributed by atoms with van der Waals surface area (Å²) in [6.45, 7) is 2.58. The molecule has 2 unspecified atom stereocenters. The number of hydrogen-bond donors (Lipinski definition) is 3. The number of nitrogens with one attached hydrogen (secondary N) is 2. The van der Waals surface area contributed by atoms with Crippen LogP contribution in [0.2, 0.25) is 0 Å². The van der Waals surface area contributed by atoms with Crippen molar-refractivity contribution in [3.8, 4) is 0 Å². The fraction of sp³-hybridized carbons (Fsp3) is 0.429. The summed E-state index contributed by atoms with van der Waals surface area (Å²) >= 11 is 0. The molecule has 0 bridgehead atoms. The van der Waals surface area contributed by atoms with Crippen molar-refractivity contribution in [2.75, 3.05) is 13.1 Å². The molecule has 1 aliphatic rings. The predicted octanol–water partition coefficient (Wildman–Crippen LogP) is 0.547. The molecule has 0 saturated carbocycles. The van der Waals surface area contributed by atoms with E-state index in [4.69, 9.17) is 0 Å². The molecular weight excluding hydrogens is 244 g/mol. The van der Waals surface area contributed by atoms with Crippen LogP contribution in [0.5, 0.6) is 0 Å². The Morgan fingerprint density at radius 3 is 2.32 bits per heavy atom. The van der Waals surface area contributed by atoms with Crippen LogP contribution in [0.15, 0.2) is 24.3 Å². The average Bonchev–Trinajstić information content (AvgIpc) is 2.44. The Kier molecular flexibility index (Phi) is 4.16. The van der Waals surface area contributed by atoms with Gasteiger partial charge in [-0.05, 0) is 24.5 Å². The fourth-order valence-electron chi connectivity index (χ4n) is 2.07. The van der Waals surface area contributed by atoms with Gasteiger partial charge in [-0.15, -0.1) is 0 Å². The summed E-state index contributed by atoms with van der Waals surface area (Å²) in [6, 6.07) is 6.67. The molecule has 3 N–H and O–H groups in total. The van der Waals surface area contributed by atoms with Gasteiger partial charge in [-0.25, -0.2) is 0 Å². The highest BCUT2D eigenvalue weighted by molar-refractivity contribution is 6.07. The van der Waals surface area contributed by atoms with E-state index >= 15 is 0 Å². The number of aliphatic hydroxyl groups excluding tert-OH is 1. The van der Waals surface area contributed by atoms with Gasteiger partial charge < -0.3 is 15.7 Å². The van der Waals surface area contributed by atoms with E-state index in [2.05, 4.69) is 10.6 Å². The Balaban J connectivity index is 2.29. The Morgan fingerprint density at radius 1 is 1.11 bits per heavy atom. The molecule has 2 amide bonds. The third-order valence-corrected chi connectivity index (χ3v) is 3.43. The lowest BCUT2D eigenvalue weighted by Crippen LogP contribution is -2.35. The lowest BCUT2D eigenvalue weighted by Gasteiger charge is -2.18. The van der Waals surface area contributed by atoms with Crippen LogP contribution in [-0.2, 0) is 0 Å². The maximum atomic E-state index is 12.0. The minimum atomic E-state index is -0.605. The number of β-amino-alcohol motifs (C(OH)–C–C–N with tert-alkyl or cyclic N) is 1. The van der Waals surface area contributed by atoms with Crippen molar-refractivity contribution in [2.45, 2.75) is 19.4 Å². The first kappa shape index (κ1) is 13.5. The van der Waals surface area contributed by atoms with Gasteiger partial charge in [0.1, 0.15) is 0 Å². The van der Waals surface area contributed by atoms with E-state index in [1.807, 2.05) is 6.92 Å². The highest BCUT2D eigenvalue weighted by atomic mass is 16.3. The highest BCUT2D eigenvalue weighted by Crippen LogP contribution is 2.12. The number of aliphatic hydroxyl groups is 1. The highest BCUT2D eigenvalue weighted by Gasteiger charge is 2.21. The lowest BCUT2D eigenvalue weighted by atomic mass is 10.0. The number of hydrogen-bond acceptors (Lipinski definition) is 3. The van der Waals surface area contributed by atoms with Crippen molar-refractivity contribution in [3.63, 3.8) is 0 Å². The zero-order valence-electron chi connectivity index (χ0n) is 10.8. The lowest BCUT2D eigenvalue weighted by molar-refractivity contribution is 0.0846. The second kappa shape index (κ2) is 5.84. The summed E-state index contributed by atoms with van der Waals surface area (Å²) in [7, 11) is 0. The van der Waals surface area contributed by atoms with Crippen molar-refractivity contribution in [1.29, 1.82) is 0 Å². The number of benzene rings is 1. The maximum absolute atomic E-state index is 12.0. The molecule has 2 rings (SSSR count). The first-order valence-corrected chi connectivity index (χ1v) is 6.43. The van der Waals surface area contributed by atoms with Crippen molar-refractivity contribution in [3.05, 3.63) is 35.4 Å². The van der Waals surface area contributed by atoms with Gasteiger partial charge in [-0.2, -0.15) is 0 Å². The molecule has 102 valence electrons. The maximum Gasteiger partial charge on any atom is 0.252 e. The van der Waals surface area contributed by atoms with Crippen LogP contribution in [-0.4, -0.2) is 36.1 Å². The van der Waals surface area contributed by atoms with E-state index in [0.717, 1.165) is 0 Å². The zero-order valence-corrected chi connectivity index (χ0v) is 10.8. The van der Waals surface area contributed by atoms with Crippen LogP contribution in [0.4, 0.5) is 0 Å². The molecule has 0 radical (unpaired) electrons. The number of carbonyl (C=O) groups excluding carboxylic acids is 2. The quantitative estimate of drug-likeness (QED) is 0.639. The second-order valence-electron chi connectivity index (χ2n) is 4.84. The minimum absolute atomic E-state index is 0.0156. The smallest absolute Gasteiger partial charge is 0.252 e. The largest absolute Gasteiger partial charge is 0.391 e. The summed E-state index contributed by atoms with van der Waals surface area (Å²) < 4.78 is 0. The van der Waals surface area contributed by atoms with E-state index in [9.17, 15) is 14.7 Å². The summed E-state index contributed by atoms with van der Waals surface area (Å²) in [6.07, 6.45) is 0.0661. The Morgan fingerprint density at radius 2 is 1.68 bits per heavy atom. The van der Waals surface area contributed by atoms with Crippen LogP contribution in [0, 0.1) is 5.92 Å². The topological polar surface area (TPSA) is 78.4 Å². The van der Waals surface area contributed by atoms with Gasteiger partial charge in [0.25, 0.3) is 11.8 Å². The van der Waals surface area contributed by atoms with Crippen LogP contribution in [0.3, 0.4) is 0 Å². The van der Waals surface area contributed by atoms with Crippen LogP contribution in [0.25, 0.3) is 0 Å². The molecule has 1 aromatic carbocycles. The monoisotopic (exact) mass is 262 g/mol. The predicted molar refractivity (Wildman–Crippen MR) is 70.9 cm³/mol. The standard InChI is InChI=1S/C14H18N2O3/c1-9-6-7-15-13(18)10-4-2-3-5-11(10)14(19)16-8-12(9)17/h2-5,9,12,17H,6-8H2,1H3,(H,15,18)(H,16,19). The molecule has 0 aliphatic carbocycles. The van der Waals surface area contributed by atoms with Gasteiger partial charge in [-0.1, -0.05) is 19.1 Å². The van der Waals surface area contributed by atoms with Crippen LogP contribution in [0.1, 0.15) is 34.1 Å². The van der Waals surface area contributed by atoms with Crippen molar-refractivity contribution in [2.24, 2.45) is 5.92 Å². The molecule has 5 heteroatoms. The van der Waals surface area contributed by atoms with Gasteiger partial charge >= 0.3 is 0 Å². The molecule has 1 aromatic rings. The SMILES string of the molecule is CC1CCNC(=O)c2ccccc2C(=O)NCC1O. The van der Waals surface area contributed by atoms with Crippen molar-refractivity contribution in [1.82, 2.24) is 10.6 Å². The normalized spacial score (nSPS) is 24.7. The molecule has 1 aliphatic heterocycles. The Hall–Kier alpha value is -1.88. The third-order valence-electron chi connectivity index (χ3n) is 3.43. The Labute approximate surface area is 112 Å². The molecule has 0 spiro atoms. The average molecular weight is 262 g/mol. The van der Waals surface area contributed by atoms with Gasteiger partial charge in [0.15, 0.2) is 0 Å². The molecule has 2 atom stereocenters. The summed E-state index contributed by atoms with van der Waals surface area (Å²) in [5.41, 5.74) is 0.700. The molecule has 0 aromatic heterocycles. The molecule has 1 heterocycles. The summed E-state index contributed by atoms with van der Waals surface area (Å²) in [5, 5.41) is 15.3. The van der Waals surface area contributed by atoms with E-state index in [-0.39, 0.29) is 24.3 Å².